The predicted octanol–water partition coefficient (Wildman–Crippen LogP) is 5.56. The van der Waals surface area contributed by atoms with Crippen molar-refractivity contribution in [2.75, 3.05) is 25.6 Å². The normalized spacial score (nSPS) is 18.1. The molecule has 1 saturated heterocycles. The summed E-state index contributed by atoms with van der Waals surface area (Å²) >= 11 is 0. The van der Waals surface area contributed by atoms with Crippen molar-refractivity contribution in [1.82, 2.24) is 19.5 Å². The second kappa shape index (κ2) is 13.2. The van der Waals surface area contributed by atoms with Gasteiger partial charge >= 0.3 is 0 Å². The lowest BCUT2D eigenvalue weighted by Crippen LogP contribution is -2.54. The summed E-state index contributed by atoms with van der Waals surface area (Å²) < 4.78 is 20.3. The minimum absolute atomic E-state index is 0.104. The monoisotopic (exact) mass is 683 g/mol. The summed E-state index contributed by atoms with van der Waals surface area (Å²) in [5, 5.41) is 24.6. The molecular weight excluding hydrogens is 639 g/mol. The third kappa shape index (κ3) is 6.19. The molecule has 4 N–H and O–H groups in total. The van der Waals surface area contributed by atoms with Gasteiger partial charge in [-0.05, 0) is 47.0 Å². The Labute approximate surface area is 287 Å². The lowest BCUT2D eigenvalue weighted by molar-refractivity contribution is -0.146. The summed E-state index contributed by atoms with van der Waals surface area (Å²) in [6.45, 7) is 9.78. The number of aromatic nitrogens is 4. The van der Waals surface area contributed by atoms with Gasteiger partial charge in [0.25, 0.3) is 5.56 Å². The second-order valence-electron chi connectivity index (χ2n) is 14.1. The molecule has 1 aliphatic heterocycles. The molecule has 2 aromatic heterocycles. The maximum atomic E-state index is 13.6. The van der Waals surface area contributed by atoms with Crippen molar-refractivity contribution in [3.63, 3.8) is 0 Å². The smallest absolute Gasteiger partial charge is 0.280 e. The summed E-state index contributed by atoms with van der Waals surface area (Å²) in [6, 6.07) is 27.7. The van der Waals surface area contributed by atoms with Gasteiger partial charge in [-0.25, -0.2) is 4.98 Å². The highest BCUT2D eigenvalue weighted by atomic mass is 28.4. The molecule has 0 spiro atoms. The molecule has 3 heterocycles. The van der Waals surface area contributed by atoms with Crippen LogP contribution < -0.4 is 15.6 Å². The Morgan fingerprint density at radius 1 is 0.959 bits per heavy atom. The zero-order chi connectivity index (χ0) is 35.0. The van der Waals surface area contributed by atoms with Gasteiger partial charge in [0, 0.05) is 6.42 Å². The second-order valence-corrected chi connectivity index (χ2v) is 18.9. The van der Waals surface area contributed by atoms with Crippen LogP contribution >= 0.6 is 0 Å². The molecule has 0 amide bonds. The van der Waals surface area contributed by atoms with E-state index in [0.29, 0.717) is 17.8 Å². The quantitative estimate of drug-likeness (QED) is 0.104. The zero-order valence-electron chi connectivity index (χ0n) is 28.8. The Morgan fingerprint density at radius 2 is 1.53 bits per heavy atom. The number of aliphatic hydroxyl groups excluding tert-OH is 2. The van der Waals surface area contributed by atoms with Crippen molar-refractivity contribution in [2.24, 2.45) is 0 Å². The standard InChI is InChI=1S/C37H45N5O6Si/c1-35(2,3)49(5,6)48-29-21-30(47-36(29,22-43)23-44)42-24-38-31-32(42)39-34(40-33(31)45)41-37(25-13-9-7-10-14-25,26-15-11-8-12-16-26)27-17-19-28(46-4)20-18-27/h7-20,24,29-30,43-44H,21-23H2,1-6H3,(H2,39,40,41,45)/t29-,30+/m0/s1. The van der Waals surface area contributed by atoms with Gasteiger partial charge < -0.3 is 29.4 Å². The number of anilines is 1. The molecule has 1 fully saturated rings. The highest BCUT2D eigenvalue weighted by molar-refractivity contribution is 6.74. The number of benzene rings is 3. The van der Waals surface area contributed by atoms with Crippen molar-refractivity contribution >= 4 is 25.4 Å². The number of nitrogens with one attached hydrogen (secondary N) is 2. The first-order chi connectivity index (χ1) is 23.4. The molecule has 0 bridgehead atoms. The summed E-state index contributed by atoms with van der Waals surface area (Å²) in [5.41, 5.74) is 0.392. The first-order valence-electron chi connectivity index (χ1n) is 16.5. The van der Waals surface area contributed by atoms with E-state index in [2.05, 4.69) is 49.1 Å². The fourth-order valence-corrected chi connectivity index (χ4v) is 7.66. The van der Waals surface area contributed by atoms with E-state index in [0.717, 1.165) is 16.7 Å². The average molecular weight is 684 g/mol. The van der Waals surface area contributed by atoms with Crippen molar-refractivity contribution < 1.29 is 24.1 Å². The van der Waals surface area contributed by atoms with Crippen molar-refractivity contribution in [2.45, 2.75) is 68.8 Å². The molecule has 11 nitrogen and oxygen atoms in total. The van der Waals surface area contributed by atoms with Gasteiger partial charge in [-0.2, -0.15) is 4.98 Å². The molecule has 49 heavy (non-hydrogen) atoms. The summed E-state index contributed by atoms with van der Waals surface area (Å²) in [5.74, 6) is 0.926. The SMILES string of the molecule is COc1ccc(C(Nc2nc3c(ncn3[C@H]3C[C@H](O[Si](C)(C)C(C)(C)C)C(CO)(CO)O3)c(=O)[nH]2)(c2ccccc2)c2ccccc2)cc1. The van der Waals surface area contributed by atoms with Crippen LogP contribution in [0.4, 0.5) is 5.95 Å². The van der Waals surface area contributed by atoms with E-state index in [1.165, 1.54) is 6.33 Å². The molecule has 2 atom stereocenters. The predicted molar refractivity (Wildman–Crippen MR) is 191 cm³/mol. The number of aromatic amines is 1. The Morgan fingerprint density at radius 3 is 2.06 bits per heavy atom. The third-order valence-electron chi connectivity index (χ3n) is 10.1. The first-order valence-corrected chi connectivity index (χ1v) is 19.4. The van der Waals surface area contributed by atoms with Crippen LogP contribution in [0, 0.1) is 0 Å². The number of ether oxygens (including phenoxy) is 2. The lowest BCUT2D eigenvalue weighted by atomic mass is 9.77. The van der Waals surface area contributed by atoms with Crippen LogP contribution in [0.3, 0.4) is 0 Å². The van der Waals surface area contributed by atoms with Gasteiger partial charge in [-0.15, -0.1) is 0 Å². The maximum absolute atomic E-state index is 13.6. The van der Waals surface area contributed by atoms with E-state index < -0.39 is 50.6 Å². The molecule has 0 unspecified atom stereocenters. The molecule has 5 aromatic rings. The number of hydrogen-bond acceptors (Lipinski definition) is 9. The highest BCUT2D eigenvalue weighted by Gasteiger charge is 2.53. The number of aliphatic hydroxyl groups is 2. The number of hydrogen-bond donors (Lipinski definition) is 4. The minimum Gasteiger partial charge on any atom is -0.497 e. The van der Waals surface area contributed by atoms with Gasteiger partial charge in [-0.3, -0.25) is 14.3 Å². The molecule has 12 heteroatoms. The van der Waals surface area contributed by atoms with Crippen LogP contribution in [0.1, 0.15) is 50.1 Å². The molecule has 0 radical (unpaired) electrons. The van der Waals surface area contributed by atoms with Gasteiger partial charge in [0.2, 0.25) is 5.95 Å². The number of rotatable bonds is 11. The van der Waals surface area contributed by atoms with Gasteiger partial charge in [-0.1, -0.05) is 93.6 Å². The Balaban J connectivity index is 1.47. The van der Waals surface area contributed by atoms with Gasteiger partial charge in [0.05, 0.1) is 32.8 Å². The fourth-order valence-electron chi connectivity index (χ4n) is 6.29. The van der Waals surface area contributed by atoms with E-state index in [1.54, 1.807) is 11.7 Å². The number of methoxy groups -OCH3 is 1. The summed E-state index contributed by atoms with van der Waals surface area (Å²) in [6.07, 6.45) is 0.529. The molecule has 258 valence electrons. The van der Waals surface area contributed by atoms with Crippen LogP contribution in [0.5, 0.6) is 5.75 Å². The number of H-pyrrole nitrogens is 1. The van der Waals surface area contributed by atoms with Crippen LogP contribution in [0.2, 0.25) is 18.1 Å². The third-order valence-corrected chi connectivity index (χ3v) is 14.6. The summed E-state index contributed by atoms with van der Waals surface area (Å²) in [4.78, 5) is 25.9. The molecular formula is C37H45N5O6Si. The molecule has 0 saturated carbocycles. The molecule has 0 aliphatic carbocycles. The van der Waals surface area contributed by atoms with E-state index in [1.807, 2.05) is 84.9 Å². The van der Waals surface area contributed by atoms with Crippen molar-refractivity contribution in [1.29, 1.82) is 0 Å². The van der Waals surface area contributed by atoms with Crippen molar-refractivity contribution in [3.05, 3.63) is 118 Å². The Bertz CT molecular complexity index is 1900. The van der Waals surface area contributed by atoms with Crippen LogP contribution in [0.25, 0.3) is 11.2 Å². The van der Waals surface area contributed by atoms with E-state index >= 15 is 0 Å². The number of imidazole rings is 1. The fraction of sp³-hybridized carbons (Fsp3) is 0.378. The van der Waals surface area contributed by atoms with Gasteiger partial charge in [0.1, 0.15) is 23.1 Å². The zero-order valence-corrected chi connectivity index (χ0v) is 29.8. The topological polar surface area (TPSA) is 144 Å². The molecule has 3 aromatic carbocycles. The largest absolute Gasteiger partial charge is 0.497 e. The Hall–Kier alpha value is -4.33. The van der Waals surface area contributed by atoms with E-state index in [-0.39, 0.29) is 16.5 Å². The molecule has 1 aliphatic rings. The van der Waals surface area contributed by atoms with E-state index in [9.17, 15) is 15.0 Å². The summed E-state index contributed by atoms with van der Waals surface area (Å²) in [7, 11) is -0.695. The first kappa shape index (κ1) is 34.5. The number of fused-ring (bicyclic) bond motifs is 1. The van der Waals surface area contributed by atoms with Crippen LogP contribution in [-0.4, -0.2) is 70.1 Å². The lowest BCUT2D eigenvalue weighted by Gasteiger charge is -2.42. The molecule has 6 rings (SSSR count). The highest BCUT2D eigenvalue weighted by Crippen LogP contribution is 2.45. The van der Waals surface area contributed by atoms with E-state index in [4.69, 9.17) is 18.9 Å². The van der Waals surface area contributed by atoms with Crippen molar-refractivity contribution in [3.8, 4) is 5.75 Å². The Kier molecular flexibility index (Phi) is 9.29. The maximum Gasteiger partial charge on any atom is 0.280 e. The van der Waals surface area contributed by atoms with Crippen LogP contribution in [0.15, 0.2) is 96.1 Å². The average Bonchev–Trinajstić information content (AvgIpc) is 3.69. The van der Waals surface area contributed by atoms with Gasteiger partial charge in [0.15, 0.2) is 19.5 Å². The van der Waals surface area contributed by atoms with Crippen LogP contribution in [-0.2, 0) is 14.7 Å². The number of nitrogens with zero attached hydrogens (tertiary/aromatic N) is 3. The minimum atomic E-state index is -2.32.